The number of nitrogens with zero attached hydrogens (tertiary/aromatic N) is 3. The molecule has 0 unspecified atom stereocenters. The van der Waals surface area contributed by atoms with Crippen LogP contribution in [0.15, 0.2) is 47.0 Å². The molecule has 1 saturated heterocycles. The third-order valence-electron chi connectivity index (χ3n) is 6.35. The van der Waals surface area contributed by atoms with Gasteiger partial charge < -0.3 is 15.6 Å². The Bertz CT molecular complexity index is 953. The van der Waals surface area contributed by atoms with E-state index in [2.05, 4.69) is 20.9 Å². The Morgan fingerprint density at radius 2 is 1.97 bits per heavy atom. The van der Waals surface area contributed by atoms with Crippen LogP contribution < -0.4 is 10.6 Å². The van der Waals surface area contributed by atoms with Crippen LogP contribution in [-0.4, -0.2) is 28.8 Å². The molecule has 1 aliphatic carbocycles. The van der Waals surface area contributed by atoms with Gasteiger partial charge >= 0.3 is 0 Å². The first-order valence-corrected chi connectivity index (χ1v) is 11.4. The molecule has 162 valence electrons. The number of aromatic amines is 1. The zero-order valence-electron chi connectivity index (χ0n) is 19.3. The summed E-state index contributed by atoms with van der Waals surface area (Å²) in [5.74, 6) is 0.568. The quantitative estimate of drug-likeness (QED) is 0.617. The molecule has 1 spiro atoms. The second kappa shape index (κ2) is 9.50. The lowest BCUT2D eigenvalue weighted by Gasteiger charge is -2.25. The van der Waals surface area contributed by atoms with Crippen LogP contribution in [0.2, 0.25) is 0 Å². The molecule has 4 rings (SSSR count). The summed E-state index contributed by atoms with van der Waals surface area (Å²) in [6.07, 6.45) is 14.8. The van der Waals surface area contributed by atoms with Gasteiger partial charge in [0.25, 0.3) is 0 Å². The molecule has 0 radical (unpaired) electrons. The second-order valence-electron chi connectivity index (χ2n) is 8.52. The summed E-state index contributed by atoms with van der Waals surface area (Å²) in [4.78, 5) is 15.2. The molecule has 1 saturated carbocycles. The van der Waals surface area contributed by atoms with Crippen molar-refractivity contribution in [1.82, 2.24) is 9.97 Å². The fraction of sp³-hybridized carbons (Fsp3) is 0.520. The van der Waals surface area contributed by atoms with Gasteiger partial charge in [0.1, 0.15) is 11.5 Å². The third kappa shape index (κ3) is 4.30. The SMILES string of the molecule is C/C=C\C(=N/C(N)=C(C)C)c1c[nH]c2nccc(N3CCC4(CCCC4)C3)c12.CC. The van der Waals surface area contributed by atoms with E-state index in [4.69, 9.17) is 10.7 Å². The molecule has 0 atom stereocenters. The number of nitrogens with one attached hydrogen (secondary N) is 1. The molecule has 30 heavy (non-hydrogen) atoms. The Morgan fingerprint density at radius 3 is 2.63 bits per heavy atom. The van der Waals surface area contributed by atoms with Gasteiger partial charge in [0.15, 0.2) is 0 Å². The molecule has 5 heteroatoms. The topological polar surface area (TPSA) is 70.3 Å². The van der Waals surface area contributed by atoms with Crippen LogP contribution in [-0.2, 0) is 0 Å². The number of nitrogens with two attached hydrogens (primary N) is 1. The summed E-state index contributed by atoms with van der Waals surface area (Å²) >= 11 is 0. The first-order valence-electron chi connectivity index (χ1n) is 11.4. The number of pyridine rings is 1. The van der Waals surface area contributed by atoms with E-state index in [-0.39, 0.29) is 0 Å². The van der Waals surface area contributed by atoms with E-state index in [9.17, 15) is 0 Å². The largest absolute Gasteiger partial charge is 0.384 e. The van der Waals surface area contributed by atoms with Crippen molar-refractivity contribution < 1.29 is 0 Å². The van der Waals surface area contributed by atoms with Crippen molar-refractivity contribution in [1.29, 1.82) is 0 Å². The second-order valence-corrected chi connectivity index (χ2v) is 8.52. The number of H-pyrrole nitrogens is 1. The van der Waals surface area contributed by atoms with Gasteiger partial charge in [-0.1, -0.05) is 32.8 Å². The first-order chi connectivity index (χ1) is 14.5. The van der Waals surface area contributed by atoms with Gasteiger partial charge in [-0.25, -0.2) is 9.98 Å². The highest BCUT2D eigenvalue weighted by Crippen LogP contribution is 2.47. The number of rotatable bonds is 4. The van der Waals surface area contributed by atoms with Gasteiger partial charge in [0.05, 0.1) is 11.1 Å². The van der Waals surface area contributed by atoms with Crippen molar-refractivity contribution in [3.05, 3.63) is 47.6 Å². The first kappa shape index (κ1) is 22.1. The fourth-order valence-corrected chi connectivity index (χ4v) is 4.77. The van der Waals surface area contributed by atoms with Crippen LogP contribution in [0.1, 0.15) is 72.3 Å². The molecule has 2 fully saturated rings. The van der Waals surface area contributed by atoms with Gasteiger partial charge in [0.2, 0.25) is 0 Å². The van der Waals surface area contributed by atoms with Crippen LogP contribution in [0.4, 0.5) is 5.69 Å². The standard InChI is InChI=1S/C23H31N5.C2H6/c1-4-7-18(27-21(24)16(2)3)17-14-26-22-20(17)19(8-12-25-22)28-13-11-23(15-28)9-5-6-10-23;1-2/h4,7-8,12,14H,5-6,9-11,13,15,24H2,1-3H3,(H,25,26);1-2H3/b7-4-,27-18+;. The van der Waals surface area contributed by atoms with Crippen LogP contribution in [0.3, 0.4) is 0 Å². The molecular weight excluding hydrogens is 370 g/mol. The molecule has 0 amide bonds. The molecule has 1 aliphatic heterocycles. The summed E-state index contributed by atoms with van der Waals surface area (Å²) < 4.78 is 0. The lowest BCUT2D eigenvalue weighted by Crippen LogP contribution is -2.25. The lowest BCUT2D eigenvalue weighted by atomic mass is 9.86. The fourth-order valence-electron chi connectivity index (χ4n) is 4.77. The predicted octanol–water partition coefficient (Wildman–Crippen LogP) is 5.93. The van der Waals surface area contributed by atoms with E-state index >= 15 is 0 Å². The predicted molar refractivity (Wildman–Crippen MR) is 129 cm³/mol. The Kier molecular flexibility index (Phi) is 7.01. The van der Waals surface area contributed by atoms with Crippen molar-refractivity contribution in [3.63, 3.8) is 0 Å². The summed E-state index contributed by atoms with van der Waals surface area (Å²) in [5.41, 5.74) is 11.8. The van der Waals surface area contributed by atoms with E-state index < -0.39 is 0 Å². The number of hydrogen-bond acceptors (Lipinski definition) is 4. The molecule has 2 aromatic rings. The molecular formula is C25H37N5. The maximum Gasteiger partial charge on any atom is 0.140 e. The van der Waals surface area contributed by atoms with Gasteiger partial charge in [-0.2, -0.15) is 0 Å². The normalized spacial score (nSPS) is 18.3. The van der Waals surface area contributed by atoms with Crippen molar-refractivity contribution in [2.24, 2.45) is 16.1 Å². The highest BCUT2D eigenvalue weighted by atomic mass is 15.2. The summed E-state index contributed by atoms with van der Waals surface area (Å²) in [6, 6.07) is 2.16. The zero-order chi connectivity index (χ0) is 21.7. The van der Waals surface area contributed by atoms with Crippen molar-refractivity contribution in [2.45, 2.75) is 66.7 Å². The number of anilines is 1. The maximum absolute atomic E-state index is 6.16. The lowest BCUT2D eigenvalue weighted by molar-refractivity contribution is 0.341. The van der Waals surface area contributed by atoms with Gasteiger partial charge in [-0.3, -0.25) is 0 Å². The van der Waals surface area contributed by atoms with E-state index in [1.54, 1.807) is 0 Å². The smallest absolute Gasteiger partial charge is 0.140 e. The average Bonchev–Trinajstić information content (AvgIpc) is 3.49. The Hall–Kier alpha value is -2.56. The van der Waals surface area contributed by atoms with E-state index in [0.29, 0.717) is 11.2 Å². The Balaban J connectivity index is 0.00000124. The summed E-state index contributed by atoms with van der Waals surface area (Å²) in [7, 11) is 0. The number of aromatic nitrogens is 2. The third-order valence-corrected chi connectivity index (χ3v) is 6.35. The number of allylic oxidation sites excluding steroid dienone is 3. The summed E-state index contributed by atoms with van der Waals surface area (Å²) in [6.45, 7) is 12.3. The minimum atomic E-state index is 0.527. The van der Waals surface area contributed by atoms with Crippen LogP contribution in [0, 0.1) is 5.41 Å². The van der Waals surface area contributed by atoms with Crippen LogP contribution >= 0.6 is 0 Å². The maximum atomic E-state index is 6.16. The molecule has 0 bridgehead atoms. The highest BCUT2D eigenvalue weighted by molar-refractivity contribution is 6.18. The molecule has 0 aromatic carbocycles. The Labute approximate surface area is 181 Å². The van der Waals surface area contributed by atoms with Gasteiger partial charge in [0, 0.05) is 36.7 Å². The molecule has 5 nitrogen and oxygen atoms in total. The zero-order valence-corrected chi connectivity index (χ0v) is 19.3. The number of hydrogen-bond donors (Lipinski definition) is 2. The van der Waals surface area contributed by atoms with E-state index in [1.165, 1.54) is 37.8 Å². The number of fused-ring (bicyclic) bond motifs is 1. The van der Waals surface area contributed by atoms with Crippen molar-refractivity contribution in [3.8, 4) is 0 Å². The molecule has 2 aliphatic rings. The summed E-state index contributed by atoms with van der Waals surface area (Å²) in [5, 5.41) is 1.15. The molecule has 3 N–H and O–H groups in total. The average molecular weight is 408 g/mol. The molecule has 2 aromatic heterocycles. The van der Waals surface area contributed by atoms with E-state index in [1.807, 2.05) is 59.2 Å². The van der Waals surface area contributed by atoms with Gasteiger partial charge in [-0.05, 0) is 63.2 Å². The van der Waals surface area contributed by atoms with Crippen molar-refractivity contribution in [2.75, 3.05) is 18.0 Å². The van der Waals surface area contributed by atoms with Crippen LogP contribution in [0.5, 0.6) is 0 Å². The van der Waals surface area contributed by atoms with Crippen molar-refractivity contribution >= 4 is 22.4 Å². The minimum Gasteiger partial charge on any atom is -0.384 e. The minimum absolute atomic E-state index is 0.527. The molecule has 3 heterocycles. The van der Waals surface area contributed by atoms with Crippen LogP contribution in [0.25, 0.3) is 11.0 Å². The Morgan fingerprint density at radius 1 is 1.23 bits per heavy atom. The highest BCUT2D eigenvalue weighted by Gasteiger charge is 2.40. The van der Waals surface area contributed by atoms with E-state index in [0.717, 1.165) is 41.0 Å². The van der Waals surface area contributed by atoms with Gasteiger partial charge in [-0.15, -0.1) is 0 Å². The number of aliphatic imine (C=N–C) groups is 1. The monoisotopic (exact) mass is 407 g/mol.